The van der Waals surface area contributed by atoms with Gasteiger partial charge in [0.25, 0.3) is 0 Å². The molecule has 0 radical (unpaired) electrons. The standard InChI is InChI=1S/C9H15NO6/c1-9(2,3)16-8(15)10-5(7(13)14)4-6(11)12/h5H,4H2,1-3H3,(H,10,15)(H,11,12)(H,13,14)/t5-/m0/s1/i4+1. The highest BCUT2D eigenvalue weighted by atomic mass is 16.6. The zero-order valence-electron chi connectivity index (χ0n) is 9.31. The molecule has 92 valence electrons. The van der Waals surface area contributed by atoms with Crippen LogP contribution in [0.25, 0.3) is 0 Å². The molecule has 7 nitrogen and oxygen atoms in total. The van der Waals surface area contributed by atoms with Crippen molar-refractivity contribution in [2.45, 2.75) is 38.8 Å². The molecule has 0 aromatic carbocycles. The summed E-state index contributed by atoms with van der Waals surface area (Å²) in [6, 6.07) is -1.49. The summed E-state index contributed by atoms with van der Waals surface area (Å²) in [5.74, 6) is -2.74. The minimum atomic E-state index is -1.49. The Bertz CT molecular complexity index is 293. The van der Waals surface area contributed by atoms with E-state index in [0.717, 1.165) is 0 Å². The van der Waals surface area contributed by atoms with Crippen LogP contribution in [0, 0.1) is 0 Å². The summed E-state index contributed by atoms with van der Waals surface area (Å²) in [4.78, 5) is 32.1. The number of carboxylic acid groups (broad SMARTS) is 2. The van der Waals surface area contributed by atoms with Crippen LogP contribution in [0.3, 0.4) is 0 Å². The number of rotatable bonds is 4. The molecule has 1 amide bonds. The molecule has 0 aromatic heterocycles. The lowest BCUT2D eigenvalue weighted by Gasteiger charge is -2.21. The molecule has 0 aromatic rings. The molecule has 0 aliphatic heterocycles. The van der Waals surface area contributed by atoms with E-state index in [-0.39, 0.29) is 0 Å². The zero-order chi connectivity index (χ0) is 12.9. The quantitative estimate of drug-likeness (QED) is 0.608. The van der Waals surface area contributed by atoms with E-state index in [1.807, 2.05) is 5.32 Å². The van der Waals surface area contributed by atoms with Gasteiger partial charge in [-0.25, -0.2) is 9.59 Å². The molecule has 0 aliphatic rings. The highest BCUT2D eigenvalue weighted by Crippen LogP contribution is 2.07. The molecule has 0 bridgehead atoms. The monoisotopic (exact) mass is 234 g/mol. The fourth-order valence-electron chi connectivity index (χ4n) is 0.825. The summed E-state index contributed by atoms with van der Waals surface area (Å²) < 4.78 is 4.79. The summed E-state index contributed by atoms with van der Waals surface area (Å²) in [7, 11) is 0. The van der Waals surface area contributed by atoms with E-state index >= 15 is 0 Å². The second-order valence-corrected chi connectivity index (χ2v) is 4.13. The highest BCUT2D eigenvalue weighted by molar-refractivity contribution is 5.84. The Morgan fingerprint density at radius 3 is 2.06 bits per heavy atom. The Hall–Kier alpha value is -1.79. The molecule has 16 heavy (non-hydrogen) atoms. The molecule has 0 aliphatic carbocycles. The third-order valence-electron chi connectivity index (χ3n) is 1.37. The van der Waals surface area contributed by atoms with E-state index in [9.17, 15) is 14.4 Å². The Labute approximate surface area is 92.4 Å². The van der Waals surface area contributed by atoms with Gasteiger partial charge < -0.3 is 20.3 Å². The molecule has 0 heterocycles. The van der Waals surface area contributed by atoms with E-state index in [1.54, 1.807) is 20.8 Å². The maximum Gasteiger partial charge on any atom is 0.408 e. The first-order chi connectivity index (χ1) is 7.11. The zero-order valence-corrected chi connectivity index (χ0v) is 9.31. The summed E-state index contributed by atoms with van der Waals surface area (Å²) >= 11 is 0. The summed E-state index contributed by atoms with van der Waals surface area (Å²) in [6.07, 6.45) is -1.66. The van der Waals surface area contributed by atoms with Crippen LogP contribution >= 0.6 is 0 Å². The van der Waals surface area contributed by atoms with E-state index in [1.165, 1.54) is 0 Å². The average molecular weight is 234 g/mol. The number of alkyl carbamates (subject to hydrolysis) is 1. The van der Waals surface area contributed by atoms with Crippen LogP contribution in [0.15, 0.2) is 0 Å². The number of carbonyl (C=O) groups is 3. The molecule has 3 N–H and O–H groups in total. The van der Waals surface area contributed by atoms with Crippen molar-refractivity contribution in [3.8, 4) is 0 Å². The fourth-order valence-corrected chi connectivity index (χ4v) is 0.825. The van der Waals surface area contributed by atoms with E-state index in [2.05, 4.69) is 0 Å². The first-order valence-corrected chi connectivity index (χ1v) is 4.56. The van der Waals surface area contributed by atoms with Gasteiger partial charge in [0.1, 0.15) is 11.6 Å². The number of amides is 1. The Balaban J connectivity index is 4.35. The highest BCUT2D eigenvalue weighted by Gasteiger charge is 2.25. The van der Waals surface area contributed by atoms with Crippen molar-refractivity contribution in [2.75, 3.05) is 0 Å². The lowest BCUT2D eigenvalue weighted by atomic mass is 10.2. The molecular formula is C9H15NO6. The van der Waals surface area contributed by atoms with Crippen LogP contribution < -0.4 is 5.32 Å². The van der Waals surface area contributed by atoms with Crippen molar-refractivity contribution >= 4 is 18.0 Å². The predicted molar refractivity (Wildman–Crippen MR) is 53.0 cm³/mol. The number of ether oxygens (including phenoxy) is 1. The van der Waals surface area contributed by atoms with Crippen LogP contribution in [0.4, 0.5) is 4.79 Å². The SMILES string of the molecule is CC(C)(C)OC(=O)N[C@@H]([13CH2]C(=O)O)C(=O)O. The van der Waals surface area contributed by atoms with Gasteiger partial charge in [-0.2, -0.15) is 0 Å². The molecule has 0 fully saturated rings. The van der Waals surface area contributed by atoms with Gasteiger partial charge in [-0.3, -0.25) is 4.79 Å². The van der Waals surface area contributed by atoms with E-state index in [0.29, 0.717) is 0 Å². The normalized spacial score (nSPS) is 12.7. The van der Waals surface area contributed by atoms with Gasteiger partial charge in [0.05, 0.1) is 6.42 Å². The fraction of sp³-hybridized carbons (Fsp3) is 0.667. The van der Waals surface area contributed by atoms with Crippen molar-refractivity contribution < 1.29 is 29.3 Å². The van der Waals surface area contributed by atoms with Crippen LogP contribution in [0.2, 0.25) is 0 Å². The summed E-state index contributed by atoms with van der Waals surface area (Å²) in [6.45, 7) is 4.83. The number of hydrogen-bond acceptors (Lipinski definition) is 4. The second-order valence-electron chi connectivity index (χ2n) is 4.13. The topological polar surface area (TPSA) is 113 Å². The van der Waals surface area contributed by atoms with E-state index < -0.39 is 36.1 Å². The van der Waals surface area contributed by atoms with Gasteiger partial charge >= 0.3 is 18.0 Å². The predicted octanol–water partition coefficient (Wildman–Crippen LogP) is 0.439. The summed E-state index contributed by atoms with van der Waals surface area (Å²) in [5.41, 5.74) is -0.767. The Morgan fingerprint density at radius 1 is 1.25 bits per heavy atom. The molecule has 0 rings (SSSR count). The van der Waals surface area contributed by atoms with Gasteiger partial charge in [0, 0.05) is 0 Å². The largest absolute Gasteiger partial charge is 0.481 e. The van der Waals surface area contributed by atoms with Crippen molar-refractivity contribution in [3.63, 3.8) is 0 Å². The number of nitrogens with one attached hydrogen (secondary N) is 1. The van der Waals surface area contributed by atoms with Gasteiger partial charge in [0.15, 0.2) is 0 Å². The minimum absolute atomic E-state index is 0.700. The Morgan fingerprint density at radius 2 is 1.75 bits per heavy atom. The number of carboxylic acids is 2. The molecule has 0 spiro atoms. The molecule has 0 unspecified atom stereocenters. The van der Waals surface area contributed by atoms with Crippen molar-refractivity contribution in [2.24, 2.45) is 0 Å². The van der Waals surface area contributed by atoms with Crippen molar-refractivity contribution in [1.29, 1.82) is 0 Å². The Kier molecular flexibility index (Phi) is 4.74. The van der Waals surface area contributed by atoms with Gasteiger partial charge in [-0.15, -0.1) is 0 Å². The summed E-state index contributed by atoms with van der Waals surface area (Å²) in [5, 5.41) is 19.0. The average Bonchev–Trinajstić information content (AvgIpc) is 1.97. The third-order valence-corrected chi connectivity index (χ3v) is 1.37. The van der Waals surface area contributed by atoms with E-state index in [4.69, 9.17) is 14.9 Å². The lowest BCUT2D eigenvalue weighted by molar-refractivity contribution is -0.145. The second kappa shape index (κ2) is 5.34. The molecule has 1 atom stereocenters. The van der Waals surface area contributed by atoms with Crippen LogP contribution in [0.5, 0.6) is 0 Å². The lowest BCUT2D eigenvalue weighted by Crippen LogP contribution is -2.44. The van der Waals surface area contributed by atoms with Crippen LogP contribution in [0.1, 0.15) is 27.2 Å². The van der Waals surface area contributed by atoms with Crippen molar-refractivity contribution in [1.82, 2.24) is 5.32 Å². The number of carbonyl (C=O) groups excluding carboxylic acids is 1. The van der Waals surface area contributed by atoms with Crippen LogP contribution in [-0.2, 0) is 14.3 Å². The number of hydrogen-bond donors (Lipinski definition) is 3. The number of aliphatic carboxylic acids is 2. The first kappa shape index (κ1) is 14.2. The van der Waals surface area contributed by atoms with Gasteiger partial charge in [-0.05, 0) is 20.8 Å². The van der Waals surface area contributed by atoms with Crippen LogP contribution in [-0.4, -0.2) is 39.9 Å². The molecule has 0 saturated heterocycles. The molecule has 0 saturated carbocycles. The maximum absolute atomic E-state index is 11.2. The maximum atomic E-state index is 11.2. The van der Waals surface area contributed by atoms with Crippen molar-refractivity contribution in [3.05, 3.63) is 0 Å². The van der Waals surface area contributed by atoms with Gasteiger partial charge in [-0.1, -0.05) is 0 Å². The molecule has 7 heteroatoms. The third kappa shape index (κ3) is 6.63. The van der Waals surface area contributed by atoms with Gasteiger partial charge in [0.2, 0.25) is 0 Å². The minimum Gasteiger partial charge on any atom is -0.481 e. The molecular weight excluding hydrogens is 219 g/mol. The first-order valence-electron chi connectivity index (χ1n) is 4.56. The smallest absolute Gasteiger partial charge is 0.408 e.